The molecule has 0 unspecified atom stereocenters. The van der Waals surface area contributed by atoms with Crippen LogP contribution in [-0.4, -0.2) is 58.1 Å². The number of guanidine groups is 1. The average molecular weight is 386 g/mol. The highest BCUT2D eigenvalue weighted by Crippen LogP contribution is 2.19. The number of hydrogen-bond acceptors (Lipinski definition) is 4. The Hall–Kier alpha value is -1.33. The molecule has 0 atom stereocenters. The van der Waals surface area contributed by atoms with Crippen molar-refractivity contribution in [2.24, 2.45) is 4.99 Å². The Morgan fingerprint density at radius 2 is 2.08 bits per heavy atom. The van der Waals surface area contributed by atoms with Gasteiger partial charge in [0.2, 0.25) is 0 Å². The van der Waals surface area contributed by atoms with E-state index in [4.69, 9.17) is 0 Å². The standard InChI is InChI=1S/C13H21F3N4O2S2/c1-3-17-12(18-7-6-13(14,15)16)19-8-9-20(2)24(21,22)11-5-4-10-23-11/h4-5,10H,3,6-9H2,1-2H3,(H2,17,18,19). The summed E-state index contributed by atoms with van der Waals surface area (Å²) in [4.78, 5) is 3.82. The van der Waals surface area contributed by atoms with E-state index in [-0.39, 0.29) is 29.8 Å². The summed E-state index contributed by atoms with van der Waals surface area (Å²) < 4.78 is 62.3. The summed E-state index contributed by atoms with van der Waals surface area (Å²) >= 11 is 1.13. The molecule has 0 bridgehead atoms. The first-order chi connectivity index (χ1) is 11.2. The topological polar surface area (TPSA) is 73.8 Å². The molecule has 0 aromatic carbocycles. The molecule has 0 radical (unpaired) electrons. The van der Waals surface area contributed by atoms with Crippen molar-refractivity contribution in [1.29, 1.82) is 0 Å². The summed E-state index contributed by atoms with van der Waals surface area (Å²) in [7, 11) is -2.09. The first-order valence-electron chi connectivity index (χ1n) is 7.25. The van der Waals surface area contributed by atoms with Gasteiger partial charge in [-0.15, -0.1) is 11.3 Å². The van der Waals surface area contributed by atoms with Crippen LogP contribution < -0.4 is 10.6 Å². The van der Waals surface area contributed by atoms with Gasteiger partial charge in [0.15, 0.2) is 5.96 Å². The highest BCUT2D eigenvalue weighted by molar-refractivity contribution is 7.91. The number of aliphatic imine (C=N–C) groups is 1. The number of sulfonamides is 1. The molecule has 0 aliphatic rings. The fourth-order valence-electron chi connectivity index (χ4n) is 1.65. The Morgan fingerprint density at radius 3 is 2.62 bits per heavy atom. The van der Waals surface area contributed by atoms with Gasteiger partial charge in [-0.05, 0) is 18.4 Å². The molecule has 0 saturated heterocycles. The smallest absolute Gasteiger partial charge is 0.357 e. The van der Waals surface area contributed by atoms with Gasteiger partial charge in [-0.25, -0.2) is 8.42 Å². The highest BCUT2D eigenvalue weighted by Gasteiger charge is 2.26. The maximum atomic E-state index is 12.2. The Morgan fingerprint density at radius 1 is 1.38 bits per heavy atom. The van der Waals surface area contributed by atoms with Crippen LogP contribution >= 0.6 is 11.3 Å². The SMILES string of the molecule is CCNC(=NCCC(F)(F)F)NCCN(C)S(=O)(=O)c1cccs1. The minimum atomic E-state index is -4.25. The van der Waals surface area contributed by atoms with Gasteiger partial charge in [-0.2, -0.15) is 17.5 Å². The fourth-order valence-corrected chi connectivity index (χ4v) is 4.02. The van der Waals surface area contributed by atoms with Gasteiger partial charge >= 0.3 is 6.18 Å². The molecule has 6 nitrogen and oxygen atoms in total. The molecule has 1 aromatic heterocycles. The molecule has 1 rings (SSSR count). The van der Waals surface area contributed by atoms with Crippen LogP contribution in [0.2, 0.25) is 0 Å². The monoisotopic (exact) mass is 386 g/mol. The van der Waals surface area contributed by atoms with Gasteiger partial charge in [0.05, 0.1) is 13.0 Å². The third-order valence-electron chi connectivity index (χ3n) is 2.89. The van der Waals surface area contributed by atoms with Crippen molar-refractivity contribution in [3.05, 3.63) is 17.5 Å². The predicted octanol–water partition coefficient (Wildman–Crippen LogP) is 1.88. The summed E-state index contributed by atoms with van der Waals surface area (Å²) in [6, 6.07) is 3.17. The van der Waals surface area contributed by atoms with E-state index in [0.29, 0.717) is 6.54 Å². The van der Waals surface area contributed by atoms with E-state index in [2.05, 4.69) is 15.6 Å². The van der Waals surface area contributed by atoms with E-state index < -0.39 is 22.6 Å². The average Bonchev–Trinajstić information content (AvgIpc) is 3.00. The summed E-state index contributed by atoms with van der Waals surface area (Å²) in [5, 5.41) is 7.31. The number of alkyl halides is 3. The molecule has 0 spiro atoms. The highest BCUT2D eigenvalue weighted by atomic mass is 32.2. The normalized spacial score (nSPS) is 13.3. The van der Waals surface area contributed by atoms with Crippen molar-refractivity contribution in [3.63, 3.8) is 0 Å². The third-order valence-corrected chi connectivity index (χ3v) is 6.12. The molecule has 1 heterocycles. The van der Waals surface area contributed by atoms with E-state index in [9.17, 15) is 21.6 Å². The Labute approximate surface area is 143 Å². The maximum absolute atomic E-state index is 12.2. The van der Waals surface area contributed by atoms with Gasteiger partial charge in [0, 0.05) is 26.7 Å². The van der Waals surface area contributed by atoms with E-state index in [1.165, 1.54) is 17.4 Å². The van der Waals surface area contributed by atoms with Crippen molar-refractivity contribution in [2.45, 2.75) is 23.7 Å². The van der Waals surface area contributed by atoms with E-state index in [1.54, 1.807) is 18.4 Å². The van der Waals surface area contributed by atoms with Crippen LogP contribution in [0.4, 0.5) is 13.2 Å². The summed E-state index contributed by atoms with van der Waals surface area (Å²) in [5.41, 5.74) is 0. The number of nitrogens with one attached hydrogen (secondary N) is 2. The van der Waals surface area contributed by atoms with Gasteiger partial charge < -0.3 is 10.6 Å². The zero-order valence-corrected chi connectivity index (χ0v) is 15.1. The Balaban J connectivity index is 2.51. The molecule has 1 aromatic rings. The number of nitrogens with zero attached hydrogens (tertiary/aromatic N) is 2. The Kier molecular flexibility index (Phi) is 7.97. The van der Waals surface area contributed by atoms with Crippen molar-refractivity contribution in [1.82, 2.24) is 14.9 Å². The lowest BCUT2D eigenvalue weighted by molar-refractivity contribution is -0.132. The second kappa shape index (κ2) is 9.23. The zero-order chi connectivity index (χ0) is 18.2. The van der Waals surface area contributed by atoms with Crippen molar-refractivity contribution in [2.75, 3.05) is 33.2 Å². The summed E-state index contributed by atoms with van der Waals surface area (Å²) in [6.07, 6.45) is -5.26. The molecule has 0 amide bonds. The van der Waals surface area contributed by atoms with Gasteiger partial charge in [0.25, 0.3) is 10.0 Å². The Bertz CT molecular complexity index is 616. The van der Waals surface area contributed by atoms with Crippen molar-refractivity contribution >= 4 is 27.3 Å². The van der Waals surface area contributed by atoms with Gasteiger partial charge in [-0.1, -0.05) is 6.07 Å². The lowest BCUT2D eigenvalue weighted by Gasteiger charge is -2.17. The first kappa shape index (κ1) is 20.7. The third kappa shape index (κ3) is 7.05. The van der Waals surface area contributed by atoms with Crippen LogP contribution in [0.1, 0.15) is 13.3 Å². The zero-order valence-electron chi connectivity index (χ0n) is 13.4. The van der Waals surface area contributed by atoms with Crippen LogP contribution in [0.5, 0.6) is 0 Å². The van der Waals surface area contributed by atoms with Gasteiger partial charge in [-0.3, -0.25) is 4.99 Å². The fraction of sp³-hybridized carbons (Fsp3) is 0.615. The molecule has 138 valence electrons. The van der Waals surface area contributed by atoms with Crippen LogP contribution in [0.15, 0.2) is 26.7 Å². The van der Waals surface area contributed by atoms with Crippen molar-refractivity contribution < 1.29 is 21.6 Å². The lowest BCUT2D eigenvalue weighted by atomic mass is 10.4. The molecule has 11 heteroatoms. The van der Waals surface area contributed by atoms with Crippen LogP contribution in [0.25, 0.3) is 0 Å². The van der Waals surface area contributed by atoms with E-state index >= 15 is 0 Å². The van der Waals surface area contributed by atoms with Crippen LogP contribution in [-0.2, 0) is 10.0 Å². The molecule has 0 fully saturated rings. The van der Waals surface area contributed by atoms with E-state index in [0.717, 1.165) is 11.3 Å². The quantitative estimate of drug-likeness (QED) is 0.529. The van der Waals surface area contributed by atoms with Crippen LogP contribution in [0, 0.1) is 0 Å². The van der Waals surface area contributed by atoms with E-state index in [1.807, 2.05) is 0 Å². The van der Waals surface area contributed by atoms with Crippen LogP contribution in [0.3, 0.4) is 0 Å². The minimum absolute atomic E-state index is 0.157. The molecule has 0 aliphatic heterocycles. The molecular weight excluding hydrogens is 365 g/mol. The molecule has 24 heavy (non-hydrogen) atoms. The second-order valence-electron chi connectivity index (χ2n) is 4.81. The molecule has 2 N–H and O–H groups in total. The lowest BCUT2D eigenvalue weighted by Crippen LogP contribution is -2.42. The molecule has 0 saturated carbocycles. The number of hydrogen-bond donors (Lipinski definition) is 2. The van der Waals surface area contributed by atoms with Gasteiger partial charge in [0.1, 0.15) is 4.21 Å². The molecule has 0 aliphatic carbocycles. The maximum Gasteiger partial charge on any atom is 0.390 e. The summed E-state index contributed by atoms with van der Waals surface area (Å²) in [5.74, 6) is 0.226. The van der Waals surface area contributed by atoms with Crippen molar-refractivity contribution in [3.8, 4) is 0 Å². The second-order valence-corrected chi connectivity index (χ2v) is 8.03. The summed E-state index contributed by atoms with van der Waals surface area (Å²) in [6.45, 7) is 2.26. The molecular formula is C13H21F3N4O2S2. The largest absolute Gasteiger partial charge is 0.390 e. The number of likely N-dealkylation sites (N-methyl/N-ethyl adjacent to an activating group) is 1. The minimum Gasteiger partial charge on any atom is -0.357 e. The predicted molar refractivity (Wildman–Crippen MR) is 88.8 cm³/mol. The number of thiophene rings is 1. The first-order valence-corrected chi connectivity index (χ1v) is 9.57. The number of halogens is 3. The number of rotatable bonds is 8.